The van der Waals surface area contributed by atoms with Gasteiger partial charge in [-0.25, -0.2) is 4.79 Å². The smallest absolute Gasteiger partial charge is 0.288 e. The molecule has 0 N–H and O–H groups in total. The molecule has 2 aromatic heterocycles. The van der Waals surface area contributed by atoms with Crippen LogP contribution in [0.5, 0.6) is 0 Å². The van der Waals surface area contributed by atoms with E-state index in [1.807, 2.05) is 49.6 Å². The molecule has 2 heterocycles. The Labute approximate surface area is 125 Å². The summed E-state index contributed by atoms with van der Waals surface area (Å²) >= 11 is 1.39. The summed E-state index contributed by atoms with van der Waals surface area (Å²) in [6, 6.07) is 9.84. The molecule has 0 bridgehead atoms. The second-order valence-corrected chi connectivity index (χ2v) is 5.90. The second kappa shape index (κ2) is 5.33. The Hall–Kier alpha value is -2.14. The summed E-state index contributed by atoms with van der Waals surface area (Å²) in [7, 11) is 0. The van der Waals surface area contributed by atoms with Gasteiger partial charge in [0, 0.05) is 6.54 Å². The molecule has 0 saturated carbocycles. The van der Waals surface area contributed by atoms with E-state index in [4.69, 9.17) is 0 Å². The number of rotatable bonds is 3. The number of aromatic nitrogens is 2. The highest BCUT2D eigenvalue weighted by Crippen LogP contribution is 2.17. The van der Waals surface area contributed by atoms with Gasteiger partial charge in [-0.2, -0.15) is 0 Å². The minimum Gasteiger partial charge on any atom is -0.288 e. The third-order valence-electron chi connectivity index (χ3n) is 3.74. The zero-order valence-electron chi connectivity index (χ0n) is 12.0. The lowest BCUT2D eigenvalue weighted by molar-refractivity contribution is 0.619. The van der Waals surface area contributed by atoms with Crippen LogP contribution in [0.1, 0.15) is 18.1 Å². The summed E-state index contributed by atoms with van der Waals surface area (Å²) < 4.78 is 3.64. The summed E-state index contributed by atoms with van der Waals surface area (Å²) in [4.78, 5) is 24.9. The van der Waals surface area contributed by atoms with Gasteiger partial charge in [-0.1, -0.05) is 24.3 Å². The maximum atomic E-state index is 12.6. The van der Waals surface area contributed by atoms with Crippen LogP contribution >= 0.6 is 11.3 Å². The molecule has 3 rings (SSSR count). The molecule has 21 heavy (non-hydrogen) atoms. The SMILES string of the molecule is CCn1c(=O)c2sccc2n(Cc2ccccc2C)c1=O. The van der Waals surface area contributed by atoms with Gasteiger partial charge in [0.1, 0.15) is 4.70 Å². The Kier molecular flexibility index (Phi) is 3.51. The van der Waals surface area contributed by atoms with Crippen molar-refractivity contribution in [2.24, 2.45) is 0 Å². The summed E-state index contributed by atoms with van der Waals surface area (Å²) in [5.41, 5.74) is 2.53. The zero-order valence-corrected chi connectivity index (χ0v) is 12.8. The van der Waals surface area contributed by atoms with E-state index in [2.05, 4.69) is 0 Å². The fourth-order valence-electron chi connectivity index (χ4n) is 2.52. The second-order valence-electron chi connectivity index (χ2n) is 4.98. The van der Waals surface area contributed by atoms with Gasteiger partial charge in [-0.05, 0) is 36.4 Å². The molecular weight excluding hydrogens is 284 g/mol. The number of hydrogen-bond acceptors (Lipinski definition) is 3. The number of aryl methyl sites for hydroxylation is 1. The van der Waals surface area contributed by atoms with E-state index in [9.17, 15) is 9.59 Å². The van der Waals surface area contributed by atoms with Gasteiger partial charge in [0.15, 0.2) is 0 Å². The van der Waals surface area contributed by atoms with Crippen LogP contribution in [0.3, 0.4) is 0 Å². The number of thiophene rings is 1. The van der Waals surface area contributed by atoms with E-state index in [-0.39, 0.29) is 11.2 Å². The van der Waals surface area contributed by atoms with Crippen molar-refractivity contribution in [1.82, 2.24) is 9.13 Å². The Balaban J connectivity index is 2.28. The van der Waals surface area contributed by atoms with E-state index >= 15 is 0 Å². The predicted octanol–water partition coefficient (Wildman–Crippen LogP) is 2.60. The molecule has 108 valence electrons. The van der Waals surface area contributed by atoms with E-state index in [1.54, 1.807) is 4.57 Å². The predicted molar refractivity (Wildman–Crippen MR) is 86.3 cm³/mol. The molecule has 0 unspecified atom stereocenters. The van der Waals surface area contributed by atoms with E-state index < -0.39 is 0 Å². The average Bonchev–Trinajstić information content (AvgIpc) is 2.95. The molecule has 1 aromatic carbocycles. The highest BCUT2D eigenvalue weighted by Gasteiger charge is 2.13. The van der Waals surface area contributed by atoms with Gasteiger partial charge in [0.25, 0.3) is 5.56 Å². The Morgan fingerprint density at radius 1 is 1.10 bits per heavy atom. The van der Waals surface area contributed by atoms with Gasteiger partial charge < -0.3 is 0 Å². The molecular formula is C16H16N2O2S. The number of fused-ring (bicyclic) bond motifs is 1. The van der Waals surface area contributed by atoms with Crippen molar-refractivity contribution >= 4 is 21.6 Å². The van der Waals surface area contributed by atoms with Crippen LogP contribution in [0.2, 0.25) is 0 Å². The largest absolute Gasteiger partial charge is 0.331 e. The van der Waals surface area contributed by atoms with Gasteiger partial charge in [-0.15, -0.1) is 11.3 Å². The fraction of sp³-hybridized carbons (Fsp3) is 0.250. The molecule has 0 saturated heterocycles. The average molecular weight is 300 g/mol. The summed E-state index contributed by atoms with van der Waals surface area (Å²) in [6.45, 7) is 4.72. The molecule has 4 nitrogen and oxygen atoms in total. The maximum Gasteiger partial charge on any atom is 0.331 e. The lowest BCUT2D eigenvalue weighted by Gasteiger charge is -2.12. The molecule has 0 amide bonds. The Bertz CT molecular complexity index is 918. The van der Waals surface area contributed by atoms with Crippen LogP contribution in [0.4, 0.5) is 0 Å². The topological polar surface area (TPSA) is 44.0 Å². The van der Waals surface area contributed by atoms with Crippen molar-refractivity contribution in [2.75, 3.05) is 0 Å². The molecule has 5 heteroatoms. The summed E-state index contributed by atoms with van der Waals surface area (Å²) in [6.07, 6.45) is 0. The fourth-order valence-corrected chi connectivity index (χ4v) is 3.37. The van der Waals surface area contributed by atoms with E-state index in [1.165, 1.54) is 15.9 Å². The summed E-state index contributed by atoms with van der Waals surface area (Å²) in [5, 5.41) is 1.86. The maximum absolute atomic E-state index is 12.6. The number of nitrogens with zero attached hydrogens (tertiary/aromatic N) is 2. The van der Waals surface area contributed by atoms with Crippen molar-refractivity contribution in [3.05, 3.63) is 67.7 Å². The molecule has 3 aromatic rings. The monoisotopic (exact) mass is 300 g/mol. The van der Waals surface area contributed by atoms with Crippen molar-refractivity contribution in [3.63, 3.8) is 0 Å². The highest BCUT2D eigenvalue weighted by atomic mass is 32.1. The minimum absolute atomic E-state index is 0.187. The van der Waals surface area contributed by atoms with Crippen LogP contribution in [0, 0.1) is 6.92 Å². The number of hydrogen-bond donors (Lipinski definition) is 0. The first-order valence-corrected chi connectivity index (χ1v) is 7.76. The van der Waals surface area contributed by atoms with Crippen LogP contribution in [0.15, 0.2) is 45.3 Å². The lowest BCUT2D eigenvalue weighted by atomic mass is 10.1. The highest BCUT2D eigenvalue weighted by molar-refractivity contribution is 7.17. The molecule has 0 radical (unpaired) electrons. The van der Waals surface area contributed by atoms with Crippen molar-refractivity contribution < 1.29 is 0 Å². The van der Waals surface area contributed by atoms with E-state index in [0.29, 0.717) is 17.8 Å². The molecule has 0 spiro atoms. The first kappa shape index (κ1) is 13.8. The van der Waals surface area contributed by atoms with Crippen molar-refractivity contribution in [3.8, 4) is 0 Å². The van der Waals surface area contributed by atoms with Crippen LogP contribution in [0.25, 0.3) is 10.2 Å². The zero-order chi connectivity index (χ0) is 15.0. The van der Waals surface area contributed by atoms with Gasteiger partial charge in [0.05, 0.1) is 12.1 Å². The molecule has 0 aliphatic rings. The molecule has 0 atom stereocenters. The standard InChI is InChI=1S/C16H16N2O2S/c1-3-17-15(19)14-13(8-9-21-14)18(16(17)20)10-12-7-5-4-6-11(12)2/h4-9H,3,10H2,1-2H3. The van der Waals surface area contributed by atoms with Crippen LogP contribution < -0.4 is 11.2 Å². The molecule has 0 fully saturated rings. The van der Waals surface area contributed by atoms with Crippen molar-refractivity contribution in [1.29, 1.82) is 0 Å². The van der Waals surface area contributed by atoms with Gasteiger partial charge in [-0.3, -0.25) is 13.9 Å². The normalized spacial score (nSPS) is 11.1. The third-order valence-corrected chi connectivity index (χ3v) is 4.63. The van der Waals surface area contributed by atoms with Gasteiger partial charge >= 0.3 is 5.69 Å². The van der Waals surface area contributed by atoms with Crippen LogP contribution in [-0.4, -0.2) is 9.13 Å². The lowest BCUT2D eigenvalue weighted by Crippen LogP contribution is -2.39. The first-order valence-electron chi connectivity index (χ1n) is 6.88. The van der Waals surface area contributed by atoms with E-state index in [0.717, 1.165) is 16.6 Å². The van der Waals surface area contributed by atoms with Gasteiger partial charge in [0.2, 0.25) is 0 Å². The first-order chi connectivity index (χ1) is 10.1. The Morgan fingerprint density at radius 2 is 1.86 bits per heavy atom. The Morgan fingerprint density at radius 3 is 2.57 bits per heavy atom. The molecule has 0 aliphatic heterocycles. The van der Waals surface area contributed by atoms with Crippen LogP contribution in [-0.2, 0) is 13.1 Å². The minimum atomic E-state index is -0.239. The third kappa shape index (κ3) is 2.23. The quantitative estimate of drug-likeness (QED) is 0.746. The number of benzene rings is 1. The molecule has 0 aliphatic carbocycles. The summed E-state index contributed by atoms with van der Waals surface area (Å²) in [5.74, 6) is 0. The van der Waals surface area contributed by atoms with Crippen molar-refractivity contribution in [2.45, 2.75) is 26.9 Å².